The molecule has 8 nitrogen and oxygen atoms in total. The molecule has 0 bridgehead atoms. The number of hydrogen-bond donors (Lipinski definition) is 1. The van der Waals surface area contributed by atoms with E-state index in [1.807, 2.05) is 0 Å². The molecule has 3 rings (SSSR count). The zero-order valence-corrected chi connectivity index (χ0v) is 15.2. The number of aryl methyl sites for hydroxylation is 2. The first kappa shape index (κ1) is 20.2. The van der Waals surface area contributed by atoms with Gasteiger partial charge in [0.1, 0.15) is 17.3 Å². The van der Waals surface area contributed by atoms with Crippen LogP contribution in [0.3, 0.4) is 0 Å². The summed E-state index contributed by atoms with van der Waals surface area (Å²) in [4.78, 5) is 22.9. The van der Waals surface area contributed by atoms with Crippen LogP contribution in [0.5, 0.6) is 0 Å². The lowest BCUT2D eigenvalue weighted by Crippen LogP contribution is -2.12. The summed E-state index contributed by atoms with van der Waals surface area (Å²) in [6.07, 6.45) is -1.71. The fourth-order valence-electron chi connectivity index (χ4n) is 2.66. The average Bonchev–Trinajstić information content (AvgIpc) is 3.04. The normalized spacial score (nSPS) is 11.5. The highest BCUT2D eigenvalue weighted by atomic mass is 19.4. The molecule has 152 valence electrons. The van der Waals surface area contributed by atoms with Crippen molar-refractivity contribution in [1.82, 2.24) is 19.5 Å². The van der Waals surface area contributed by atoms with Crippen LogP contribution in [0.1, 0.15) is 22.6 Å². The number of nitrogens with zero attached hydrogens (tertiary/aromatic N) is 5. The van der Waals surface area contributed by atoms with E-state index in [1.165, 1.54) is 23.9 Å². The van der Waals surface area contributed by atoms with Crippen molar-refractivity contribution in [1.29, 1.82) is 0 Å². The van der Waals surface area contributed by atoms with Crippen LogP contribution in [-0.4, -0.2) is 24.4 Å². The fraction of sp³-hybridized carbons (Fsp3) is 0.235. The smallest absolute Gasteiger partial charge is 0.350 e. The molecule has 3 aromatic rings. The van der Waals surface area contributed by atoms with Crippen molar-refractivity contribution >= 4 is 11.6 Å². The standard InChI is InChI=1S/C17H14F4N6O2/c1-9-14(27(28)29)15(26-6-5-22-10(26)2)25-16(24-9)23-8-11-3-4-12(7-13(11)18)17(19,20)21/h3-7H,8H2,1-2H3,(H,23,24,25). The second kappa shape index (κ2) is 7.45. The maximum absolute atomic E-state index is 14.0. The zero-order chi connectivity index (χ0) is 21.3. The highest BCUT2D eigenvalue weighted by Crippen LogP contribution is 2.30. The van der Waals surface area contributed by atoms with E-state index in [-0.39, 0.29) is 35.3 Å². The quantitative estimate of drug-likeness (QED) is 0.388. The fourth-order valence-corrected chi connectivity index (χ4v) is 2.66. The maximum atomic E-state index is 14.0. The first-order valence-electron chi connectivity index (χ1n) is 8.20. The van der Waals surface area contributed by atoms with Gasteiger partial charge < -0.3 is 5.32 Å². The predicted molar refractivity (Wildman–Crippen MR) is 94.0 cm³/mol. The van der Waals surface area contributed by atoms with Crippen molar-refractivity contribution in [3.63, 3.8) is 0 Å². The molecule has 1 N–H and O–H groups in total. The summed E-state index contributed by atoms with van der Waals surface area (Å²) in [6, 6.07) is 2.17. The number of nitro groups is 1. The summed E-state index contributed by atoms with van der Waals surface area (Å²) >= 11 is 0. The molecule has 1 aromatic carbocycles. The summed E-state index contributed by atoms with van der Waals surface area (Å²) in [5.74, 6) is -0.675. The molecule has 0 saturated heterocycles. The Morgan fingerprint density at radius 2 is 1.97 bits per heavy atom. The molecule has 0 aliphatic rings. The van der Waals surface area contributed by atoms with Crippen molar-refractivity contribution < 1.29 is 22.5 Å². The molecule has 0 atom stereocenters. The molecule has 29 heavy (non-hydrogen) atoms. The molecule has 0 saturated carbocycles. The number of alkyl halides is 3. The lowest BCUT2D eigenvalue weighted by Gasteiger charge is -2.12. The van der Waals surface area contributed by atoms with Crippen LogP contribution in [-0.2, 0) is 12.7 Å². The molecule has 0 spiro atoms. The van der Waals surface area contributed by atoms with Crippen molar-refractivity contribution in [2.45, 2.75) is 26.6 Å². The number of benzene rings is 1. The Kier molecular flexibility index (Phi) is 5.18. The van der Waals surface area contributed by atoms with Crippen molar-refractivity contribution in [2.75, 3.05) is 5.32 Å². The Morgan fingerprint density at radius 1 is 1.24 bits per heavy atom. The molecule has 0 aliphatic heterocycles. The van der Waals surface area contributed by atoms with Gasteiger partial charge >= 0.3 is 11.9 Å². The van der Waals surface area contributed by atoms with Crippen LogP contribution in [0.4, 0.5) is 29.2 Å². The molecule has 0 radical (unpaired) electrons. The lowest BCUT2D eigenvalue weighted by atomic mass is 10.1. The topological polar surface area (TPSA) is 98.8 Å². The van der Waals surface area contributed by atoms with E-state index in [4.69, 9.17) is 0 Å². The van der Waals surface area contributed by atoms with Crippen LogP contribution in [0.25, 0.3) is 5.82 Å². The number of imidazole rings is 1. The van der Waals surface area contributed by atoms with E-state index in [9.17, 15) is 27.7 Å². The van der Waals surface area contributed by atoms with Crippen LogP contribution in [0.2, 0.25) is 0 Å². The second-order valence-electron chi connectivity index (χ2n) is 6.06. The molecule has 0 amide bonds. The number of anilines is 1. The summed E-state index contributed by atoms with van der Waals surface area (Å²) in [5.41, 5.74) is -1.40. The largest absolute Gasteiger partial charge is 0.416 e. The monoisotopic (exact) mass is 410 g/mol. The van der Waals surface area contributed by atoms with E-state index in [0.29, 0.717) is 11.9 Å². The lowest BCUT2D eigenvalue weighted by molar-refractivity contribution is -0.385. The minimum Gasteiger partial charge on any atom is -0.350 e. The summed E-state index contributed by atoms with van der Waals surface area (Å²) in [5, 5.41) is 14.1. The van der Waals surface area contributed by atoms with E-state index in [1.54, 1.807) is 6.92 Å². The molecule has 0 unspecified atom stereocenters. The Labute approximate surface area is 161 Å². The highest BCUT2D eigenvalue weighted by Gasteiger charge is 2.31. The van der Waals surface area contributed by atoms with E-state index in [0.717, 1.165) is 12.1 Å². The van der Waals surface area contributed by atoms with Gasteiger partial charge in [-0.2, -0.15) is 18.2 Å². The van der Waals surface area contributed by atoms with Gasteiger partial charge in [-0.05, 0) is 26.0 Å². The van der Waals surface area contributed by atoms with Crippen LogP contribution >= 0.6 is 0 Å². The van der Waals surface area contributed by atoms with Gasteiger partial charge in [0.15, 0.2) is 0 Å². The highest BCUT2D eigenvalue weighted by molar-refractivity contribution is 5.54. The van der Waals surface area contributed by atoms with Gasteiger partial charge in [0.2, 0.25) is 11.8 Å². The summed E-state index contributed by atoms with van der Waals surface area (Å²) < 4.78 is 53.3. The first-order valence-corrected chi connectivity index (χ1v) is 8.20. The Morgan fingerprint density at radius 3 is 2.52 bits per heavy atom. The predicted octanol–water partition coefficient (Wildman–Crippen LogP) is 3.96. The van der Waals surface area contributed by atoms with Crippen LogP contribution in [0, 0.1) is 29.8 Å². The number of halogens is 4. The first-order chi connectivity index (χ1) is 13.6. The van der Waals surface area contributed by atoms with Crippen LogP contribution in [0.15, 0.2) is 30.6 Å². The summed E-state index contributed by atoms with van der Waals surface area (Å²) in [7, 11) is 0. The maximum Gasteiger partial charge on any atom is 0.416 e. The van der Waals surface area contributed by atoms with Gasteiger partial charge in [-0.15, -0.1) is 0 Å². The Balaban J connectivity index is 1.92. The molecule has 0 fully saturated rings. The Bertz CT molecular complexity index is 1080. The molecule has 0 aliphatic carbocycles. The van der Waals surface area contributed by atoms with Crippen LogP contribution < -0.4 is 5.32 Å². The van der Waals surface area contributed by atoms with E-state index in [2.05, 4.69) is 20.3 Å². The molecule has 12 heteroatoms. The van der Waals surface area contributed by atoms with E-state index >= 15 is 0 Å². The molecule has 2 heterocycles. The number of hydrogen-bond acceptors (Lipinski definition) is 6. The minimum absolute atomic E-state index is 0.0344. The van der Waals surface area contributed by atoms with Crippen molar-refractivity contribution in [3.05, 3.63) is 69.2 Å². The van der Waals surface area contributed by atoms with Gasteiger partial charge in [0.25, 0.3) is 0 Å². The molecular weight excluding hydrogens is 396 g/mol. The third kappa shape index (κ3) is 4.15. The SMILES string of the molecule is Cc1nc(NCc2ccc(C(F)(F)F)cc2F)nc(-n2ccnc2C)c1[N+](=O)[O-]. The van der Waals surface area contributed by atoms with Gasteiger partial charge in [0.05, 0.1) is 10.5 Å². The number of rotatable bonds is 5. The Hall–Kier alpha value is -3.57. The van der Waals surface area contributed by atoms with E-state index < -0.39 is 22.5 Å². The van der Waals surface area contributed by atoms with Gasteiger partial charge in [-0.3, -0.25) is 14.7 Å². The third-order valence-corrected chi connectivity index (χ3v) is 4.09. The van der Waals surface area contributed by atoms with Crippen molar-refractivity contribution in [3.8, 4) is 5.82 Å². The third-order valence-electron chi connectivity index (χ3n) is 4.09. The minimum atomic E-state index is -4.65. The van der Waals surface area contributed by atoms with Gasteiger partial charge in [-0.25, -0.2) is 14.4 Å². The van der Waals surface area contributed by atoms with Crippen molar-refractivity contribution in [2.24, 2.45) is 0 Å². The number of nitrogens with one attached hydrogen (secondary N) is 1. The zero-order valence-electron chi connectivity index (χ0n) is 15.2. The van der Waals surface area contributed by atoms with Gasteiger partial charge in [0, 0.05) is 24.5 Å². The average molecular weight is 410 g/mol. The molecule has 2 aromatic heterocycles. The second-order valence-corrected chi connectivity index (χ2v) is 6.06. The summed E-state index contributed by atoms with van der Waals surface area (Å²) in [6.45, 7) is 2.83. The van der Waals surface area contributed by atoms with Gasteiger partial charge in [-0.1, -0.05) is 6.07 Å². The molecular formula is C17H14F4N6O2. The number of aromatic nitrogens is 4.